The number of hydrogen-bond donors (Lipinski definition) is 1. The lowest BCUT2D eigenvalue weighted by molar-refractivity contribution is 0.0878. The zero-order chi connectivity index (χ0) is 17.8. The van der Waals surface area contributed by atoms with Crippen LogP contribution in [0.4, 0.5) is 4.39 Å². The van der Waals surface area contributed by atoms with Crippen molar-refractivity contribution in [1.29, 1.82) is 0 Å². The van der Waals surface area contributed by atoms with Gasteiger partial charge in [0.25, 0.3) is 11.5 Å². The molecule has 3 rings (SSSR count). The van der Waals surface area contributed by atoms with Crippen LogP contribution < -0.4 is 15.6 Å². The molecule has 0 aromatic carbocycles. The van der Waals surface area contributed by atoms with Crippen LogP contribution in [-0.2, 0) is 7.05 Å². The Hall–Kier alpha value is -2.84. The Bertz CT molecular complexity index is 800. The van der Waals surface area contributed by atoms with Crippen LogP contribution >= 0.6 is 0 Å². The molecule has 0 radical (unpaired) electrons. The van der Waals surface area contributed by atoms with E-state index in [1.54, 1.807) is 0 Å². The van der Waals surface area contributed by atoms with E-state index in [1.165, 1.54) is 19.2 Å². The maximum Gasteiger partial charge on any atom is 0.316 e. The summed E-state index contributed by atoms with van der Waals surface area (Å²) in [7, 11) is 1.50. The maximum atomic E-state index is 12.8. The molecule has 0 saturated heterocycles. The molecule has 0 bridgehead atoms. The van der Waals surface area contributed by atoms with Crippen molar-refractivity contribution in [3.63, 3.8) is 0 Å². The van der Waals surface area contributed by atoms with E-state index >= 15 is 0 Å². The molecule has 1 aliphatic rings. The predicted molar refractivity (Wildman–Crippen MR) is 85.6 cm³/mol. The van der Waals surface area contributed by atoms with E-state index < -0.39 is 5.82 Å². The van der Waals surface area contributed by atoms with E-state index in [0.29, 0.717) is 0 Å². The van der Waals surface area contributed by atoms with Crippen molar-refractivity contribution < 1.29 is 13.9 Å². The fourth-order valence-electron chi connectivity index (χ4n) is 2.72. The molecule has 25 heavy (non-hydrogen) atoms. The first kappa shape index (κ1) is 17.0. The van der Waals surface area contributed by atoms with Gasteiger partial charge in [-0.25, -0.2) is 19.0 Å². The average Bonchev–Trinajstić information content (AvgIpc) is 2.61. The van der Waals surface area contributed by atoms with E-state index in [4.69, 9.17) is 4.74 Å². The highest BCUT2D eigenvalue weighted by atomic mass is 19.1. The number of amides is 1. The van der Waals surface area contributed by atoms with Crippen molar-refractivity contribution in [3.8, 4) is 6.01 Å². The molecule has 1 amide bonds. The van der Waals surface area contributed by atoms with Gasteiger partial charge in [0.05, 0.1) is 12.4 Å². The van der Waals surface area contributed by atoms with Crippen LogP contribution in [0.1, 0.15) is 36.2 Å². The molecule has 1 fully saturated rings. The third-order valence-electron chi connectivity index (χ3n) is 4.07. The third-order valence-corrected chi connectivity index (χ3v) is 4.07. The van der Waals surface area contributed by atoms with Gasteiger partial charge in [-0.2, -0.15) is 5.10 Å². The summed E-state index contributed by atoms with van der Waals surface area (Å²) in [5.41, 5.74) is -0.0580. The van der Waals surface area contributed by atoms with E-state index in [1.807, 2.05) is 0 Å². The maximum absolute atomic E-state index is 12.8. The molecule has 1 N–H and O–H groups in total. The fourth-order valence-corrected chi connectivity index (χ4v) is 2.72. The Balaban J connectivity index is 1.50. The summed E-state index contributed by atoms with van der Waals surface area (Å²) in [5.74, 6) is -0.812. The largest absolute Gasteiger partial charge is 0.460 e. The predicted octanol–water partition coefficient (Wildman–Crippen LogP) is 0.829. The summed E-state index contributed by atoms with van der Waals surface area (Å²) in [6.45, 7) is 0. The van der Waals surface area contributed by atoms with Crippen LogP contribution in [0, 0.1) is 5.82 Å². The summed E-state index contributed by atoms with van der Waals surface area (Å²) in [5, 5.41) is 6.86. The first-order valence-corrected chi connectivity index (χ1v) is 8.00. The van der Waals surface area contributed by atoms with E-state index in [9.17, 15) is 14.0 Å². The highest BCUT2D eigenvalue weighted by molar-refractivity contribution is 5.92. The van der Waals surface area contributed by atoms with Crippen LogP contribution in [0.15, 0.2) is 29.3 Å². The lowest BCUT2D eigenvalue weighted by atomic mass is 9.93. The zero-order valence-electron chi connectivity index (χ0n) is 13.7. The molecule has 8 nitrogen and oxygen atoms in total. The Labute approximate surface area is 143 Å². The second-order valence-electron chi connectivity index (χ2n) is 5.93. The van der Waals surface area contributed by atoms with Crippen molar-refractivity contribution in [2.75, 3.05) is 0 Å². The van der Waals surface area contributed by atoms with Gasteiger partial charge in [-0.3, -0.25) is 9.59 Å². The number of nitrogens with one attached hydrogen (secondary N) is 1. The number of aryl methyl sites for hydroxylation is 1. The van der Waals surface area contributed by atoms with Crippen LogP contribution in [0.2, 0.25) is 0 Å². The van der Waals surface area contributed by atoms with Crippen LogP contribution in [0.5, 0.6) is 6.01 Å². The fraction of sp³-hybridized carbons (Fsp3) is 0.438. The normalized spacial score (nSPS) is 20.1. The molecule has 0 spiro atoms. The topological polar surface area (TPSA) is 99.0 Å². The number of halogens is 1. The van der Waals surface area contributed by atoms with Gasteiger partial charge in [-0.05, 0) is 31.7 Å². The smallest absolute Gasteiger partial charge is 0.316 e. The SMILES string of the molecule is Cn1nc(C(=O)NC2CCC(Oc3ncc(F)cn3)CC2)ccc1=O. The lowest BCUT2D eigenvalue weighted by Gasteiger charge is -2.28. The number of nitrogens with zero attached hydrogens (tertiary/aromatic N) is 4. The van der Waals surface area contributed by atoms with Crippen molar-refractivity contribution >= 4 is 5.91 Å². The van der Waals surface area contributed by atoms with Crippen LogP contribution in [-0.4, -0.2) is 37.8 Å². The van der Waals surface area contributed by atoms with E-state index in [2.05, 4.69) is 20.4 Å². The number of carbonyl (C=O) groups is 1. The second kappa shape index (κ2) is 7.37. The molecule has 0 unspecified atom stereocenters. The van der Waals surface area contributed by atoms with Gasteiger partial charge in [0.2, 0.25) is 0 Å². The summed E-state index contributed by atoms with van der Waals surface area (Å²) in [6, 6.07) is 2.90. The van der Waals surface area contributed by atoms with Crippen molar-refractivity contribution in [2.45, 2.75) is 37.8 Å². The zero-order valence-corrected chi connectivity index (χ0v) is 13.7. The van der Waals surface area contributed by atoms with Crippen molar-refractivity contribution in [2.24, 2.45) is 7.05 Å². The van der Waals surface area contributed by atoms with Crippen molar-refractivity contribution in [1.82, 2.24) is 25.1 Å². The Morgan fingerprint density at radius 3 is 2.56 bits per heavy atom. The van der Waals surface area contributed by atoms with Crippen molar-refractivity contribution in [3.05, 3.63) is 46.4 Å². The molecule has 2 heterocycles. The monoisotopic (exact) mass is 347 g/mol. The van der Waals surface area contributed by atoms with Gasteiger partial charge in [-0.15, -0.1) is 0 Å². The summed E-state index contributed by atoms with van der Waals surface area (Å²) < 4.78 is 19.5. The summed E-state index contributed by atoms with van der Waals surface area (Å²) >= 11 is 0. The molecule has 2 aromatic heterocycles. The lowest BCUT2D eigenvalue weighted by Crippen LogP contribution is -2.40. The quantitative estimate of drug-likeness (QED) is 0.879. The van der Waals surface area contributed by atoms with Gasteiger partial charge >= 0.3 is 6.01 Å². The van der Waals surface area contributed by atoms with Gasteiger partial charge in [0.15, 0.2) is 5.82 Å². The van der Waals surface area contributed by atoms with Crippen LogP contribution in [0.3, 0.4) is 0 Å². The highest BCUT2D eigenvalue weighted by Crippen LogP contribution is 2.22. The van der Waals surface area contributed by atoms with Gasteiger partial charge < -0.3 is 10.1 Å². The van der Waals surface area contributed by atoms with E-state index in [-0.39, 0.29) is 35.3 Å². The summed E-state index contributed by atoms with van der Waals surface area (Å²) in [4.78, 5) is 31.1. The first-order valence-electron chi connectivity index (χ1n) is 8.00. The Morgan fingerprint density at radius 1 is 1.24 bits per heavy atom. The number of ether oxygens (including phenoxy) is 1. The average molecular weight is 347 g/mol. The molecular formula is C16H18FN5O3. The second-order valence-corrected chi connectivity index (χ2v) is 5.93. The number of hydrogen-bond acceptors (Lipinski definition) is 6. The minimum atomic E-state index is -0.509. The molecular weight excluding hydrogens is 329 g/mol. The number of carbonyl (C=O) groups excluding carboxylic acids is 1. The molecule has 132 valence electrons. The van der Waals surface area contributed by atoms with Gasteiger partial charge in [0.1, 0.15) is 11.8 Å². The van der Waals surface area contributed by atoms with Crippen LogP contribution in [0.25, 0.3) is 0 Å². The van der Waals surface area contributed by atoms with Gasteiger partial charge in [-0.1, -0.05) is 0 Å². The first-order chi connectivity index (χ1) is 12.0. The minimum Gasteiger partial charge on any atom is -0.460 e. The molecule has 2 aromatic rings. The minimum absolute atomic E-state index is 0.0144. The number of rotatable bonds is 4. The number of aromatic nitrogens is 4. The molecule has 0 atom stereocenters. The Morgan fingerprint density at radius 2 is 1.92 bits per heavy atom. The third kappa shape index (κ3) is 4.37. The molecule has 1 saturated carbocycles. The van der Waals surface area contributed by atoms with Gasteiger partial charge in [0, 0.05) is 19.2 Å². The van der Waals surface area contributed by atoms with E-state index in [0.717, 1.165) is 42.8 Å². The molecule has 0 aliphatic heterocycles. The molecule has 9 heteroatoms. The Kier molecular flexibility index (Phi) is 5.01. The molecule has 1 aliphatic carbocycles. The standard InChI is InChI=1S/C16H18FN5O3/c1-22-14(23)7-6-13(21-22)15(24)20-11-2-4-12(5-3-11)25-16-18-8-10(17)9-19-16/h6-9,11-12H,2-5H2,1H3,(H,20,24). The summed E-state index contributed by atoms with van der Waals surface area (Å²) in [6.07, 6.45) is 5.00. The highest BCUT2D eigenvalue weighted by Gasteiger charge is 2.25.